The van der Waals surface area contributed by atoms with Crippen molar-refractivity contribution in [2.75, 3.05) is 0 Å². The van der Waals surface area contributed by atoms with Crippen LogP contribution in [0.5, 0.6) is 0 Å². The average molecular weight is 234 g/mol. The van der Waals surface area contributed by atoms with E-state index in [2.05, 4.69) is 0 Å². The zero-order valence-corrected chi connectivity index (χ0v) is 9.07. The molecule has 1 fully saturated rings. The van der Waals surface area contributed by atoms with Crippen molar-refractivity contribution in [3.63, 3.8) is 0 Å². The molecule has 0 radical (unpaired) electrons. The van der Waals surface area contributed by atoms with E-state index in [9.17, 15) is 8.78 Å². The molecule has 1 aliphatic rings. The van der Waals surface area contributed by atoms with Crippen LogP contribution in [0.25, 0.3) is 0 Å². The fourth-order valence-electron chi connectivity index (χ4n) is 2.11. The molecule has 1 nitrogen and oxygen atoms in total. The molecule has 2 N–H and O–H groups in total. The van der Waals surface area contributed by atoms with Crippen molar-refractivity contribution in [3.8, 4) is 0 Å². The molecule has 4 heteroatoms. The zero-order chi connectivity index (χ0) is 10.2. The van der Waals surface area contributed by atoms with Crippen LogP contribution in [0, 0.1) is 0 Å². The molecule has 0 bridgehead atoms. The van der Waals surface area contributed by atoms with Gasteiger partial charge >= 0.3 is 0 Å². The summed E-state index contributed by atoms with van der Waals surface area (Å²) in [6.07, 6.45) is 0.174. The van der Waals surface area contributed by atoms with E-state index in [-0.39, 0.29) is 25.2 Å². The Kier molecular flexibility index (Phi) is 3.36. The summed E-state index contributed by atoms with van der Waals surface area (Å²) in [5.41, 5.74) is 6.17. The predicted molar refractivity (Wildman–Crippen MR) is 58.5 cm³/mol. The summed E-state index contributed by atoms with van der Waals surface area (Å²) < 4.78 is 25.3. The lowest BCUT2D eigenvalue weighted by molar-refractivity contribution is -0.121. The Labute approximate surface area is 94.1 Å². The van der Waals surface area contributed by atoms with E-state index >= 15 is 0 Å². The summed E-state index contributed by atoms with van der Waals surface area (Å²) in [4.78, 5) is 0. The normalized spacial score (nSPS) is 21.3. The number of alkyl halides is 2. The topological polar surface area (TPSA) is 26.0 Å². The molecular weight excluding hydrogens is 220 g/mol. The first kappa shape index (κ1) is 12.4. The maximum Gasteiger partial charge on any atom is 0.251 e. The molecule has 0 aliphatic heterocycles. The van der Waals surface area contributed by atoms with Crippen molar-refractivity contribution in [1.29, 1.82) is 0 Å². The van der Waals surface area contributed by atoms with Crippen LogP contribution in [0.15, 0.2) is 30.3 Å². The second kappa shape index (κ2) is 4.06. The van der Waals surface area contributed by atoms with E-state index in [1.807, 2.05) is 30.3 Å². The molecule has 0 unspecified atom stereocenters. The van der Waals surface area contributed by atoms with Gasteiger partial charge in [0.15, 0.2) is 0 Å². The summed E-state index contributed by atoms with van der Waals surface area (Å²) in [5, 5.41) is 0. The first-order valence-electron chi connectivity index (χ1n) is 4.70. The number of hydrogen-bond acceptors (Lipinski definition) is 1. The molecule has 1 aliphatic carbocycles. The lowest BCUT2D eigenvalue weighted by atomic mass is 9.71. The van der Waals surface area contributed by atoms with Gasteiger partial charge in [0, 0.05) is 18.4 Å². The molecule has 2 rings (SSSR count). The first-order valence-corrected chi connectivity index (χ1v) is 4.70. The van der Waals surface area contributed by atoms with Gasteiger partial charge in [-0.3, -0.25) is 0 Å². The summed E-state index contributed by atoms with van der Waals surface area (Å²) >= 11 is 0. The molecule has 1 aromatic rings. The van der Waals surface area contributed by atoms with Gasteiger partial charge in [0.1, 0.15) is 0 Å². The molecular formula is C11H14ClF2N. The van der Waals surface area contributed by atoms with Crippen LogP contribution >= 0.6 is 12.4 Å². The number of benzene rings is 1. The van der Waals surface area contributed by atoms with Gasteiger partial charge in [-0.25, -0.2) is 8.78 Å². The summed E-state index contributed by atoms with van der Waals surface area (Å²) in [6, 6.07) is 9.54. The zero-order valence-electron chi connectivity index (χ0n) is 8.25. The molecule has 0 saturated heterocycles. The van der Waals surface area contributed by atoms with Crippen LogP contribution in [-0.2, 0) is 6.42 Å². The van der Waals surface area contributed by atoms with Crippen molar-refractivity contribution in [1.82, 2.24) is 0 Å². The lowest BCUT2D eigenvalue weighted by Gasteiger charge is -2.44. The van der Waals surface area contributed by atoms with Crippen LogP contribution in [0.2, 0.25) is 0 Å². The fraction of sp³-hybridized carbons (Fsp3) is 0.455. The van der Waals surface area contributed by atoms with Gasteiger partial charge in [-0.15, -0.1) is 12.4 Å². The second-order valence-electron chi connectivity index (χ2n) is 4.23. The molecule has 0 amide bonds. The average Bonchev–Trinajstić information content (AvgIpc) is 2.01. The summed E-state index contributed by atoms with van der Waals surface area (Å²) in [5.74, 6) is -2.54. The van der Waals surface area contributed by atoms with E-state index in [4.69, 9.17) is 5.73 Å². The molecule has 0 spiro atoms. The highest BCUT2D eigenvalue weighted by atomic mass is 35.5. The molecule has 1 aromatic carbocycles. The third-order valence-corrected chi connectivity index (χ3v) is 2.62. The monoisotopic (exact) mass is 233 g/mol. The number of nitrogens with two attached hydrogens (primary N) is 1. The minimum atomic E-state index is -2.54. The van der Waals surface area contributed by atoms with Gasteiger partial charge < -0.3 is 5.73 Å². The van der Waals surface area contributed by atoms with Gasteiger partial charge in [-0.2, -0.15) is 0 Å². The first-order chi connectivity index (χ1) is 6.49. The predicted octanol–water partition coefficient (Wildman–Crippen LogP) is 2.78. The summed E-state index contributed by atoms with van der Waals surface area (Å²) in [6.45, 7) is 0. The lowest BCUT2D eigenvalue weighted by Crippen LogP contribution is -2.59. The standard InChI is InChI=1S/C11H13F2N.ClH/c12-11(13)7-10(14,8-11)6-9-4-2-1-3-5-9;/h1-5H,6-8,14H2;1H. The van der Waals surface area contributed by atoms with E-state index in [1.165, 1.54) is 0 Å². The number of hydrogen-bond donors (Lipinski definition) is 1. The van der Waals surface area contributed by atoms with Crippen molar-refractivity contribution in [2.24, 2.45) is 5.73 Å². The van der Waals surface area contributed by atoms with Gasteiger partial charge in [-0.05, 0) is 12.0 Å². The van der Waals surface area contributed by atoms with E-state index in [0.29, 0.717) is 6.42 Å². The Morgan fingerprint density at radius 1 is 1.13 bits per heavy atom. The fourth-order valence-corrected chi connectivity index (χ4v) is 2.11. The Morgan fingerprint density at radius 3 is 2.13 bits per heavy atom. The van der Waals surface area contributed by atoms with Crippen molar-refractivity contribution < 1.29 is 8.78 Å². The van der Waals surface area contributed by atoms with Crippen molar-refractivity contribution in [3.05, 3.63) is 35.9 Å². The Balaban J connectivity index is 0.00000112. The third-order valence-electron chi connectivity index (χ3n) is 2.62. The second-order valence-corrected chi connectivity index (χ2v) is 4.23. The van der Waals surface area contributed by atoms with Crippen LogP contribution in [0.1, 0.15) is 18.4 Å². The maximum absolute atomic E-state index is 12.7. The van der Waals surface area contributed by atoms with Gasteiger partial charge in [0.2, 0.25) is 0 Å². The van der Waals surface area contributed by atoms with Crippen LogP contribution in [-0.4, -0.2) is 11.5 Å². The molecule has 0 atom stereocenters. The molecule has 0 aromatic heterocycles. The number of halogens is 3. The quantitative estimate of drug-likeness (QED) is 0.835. The van der Waals surface area contributed by atoms with E-state index in [0.717, 1.165) is 5.56 Å². The highest BCUT2D eigenvalue weighted by Gasteiger charge is 2.53. The largest absolute Gasteiger partial charge is 0.324 e. The number of rotatable bonds is 2. The Bertz CT molecular complexity index is 319. The van der Waals surface area contributed by atoms with Crippen LogP contribution in [0.3, 0.4) is 0 Å². The minimum Gasteiger partial charge on any atom is -0.324 e. The minimum absolute atomic E-state index is 0. The van der Waals surface area contributed by atoms with Gasteiger partial charge in [0.05, 0.1) is 0 Å². The van der Waals surface area contributed by atoms with Crippen LogP contribution < -0.4 is 5.73 Å². The van der Waals surface area contributed by atoms with Crippen molar-refractivity contribution in [2.45, 2.75) is 30.7 Å². The van der Waals surface area contributed by atoms with Gasteiger partial charge in [0.25, 0.3) is 5.92 Å². The maximum atomic E-state index is 12.7. The molecule has 84 valence electrons. The Morgan fingerprint density at radius 2 is 1.67 bits per heavy atom. The van der Waals surface area contributed by atoms with Crippen molar-refractivity contribution >= 4 is 12.4 Å². The molecule has 15 heavy (non-hydrogen) atoms. The van der Waals surface area contributed by atoms with Gasteiger partial charge in [-0.1, -0.05) is 30.3 Å². The Hall–Kier alpha value is -0.670. The molecule has 0 heterocycles. The van der Waals surface area contributed by atoms with Crippen LogP contribution in [0.4, 0.5) is 8.78 Å². The third kappa shape index (κ3) is 2.89. The highest BCUT2D eigenvalue weighted by molar-refractivity contribution is 5.85. The smallest absolute Gasteiger partial charge is 0.251 e. The van der Waals surface area contributed by atoms with E-state index < -0.39 is 11.5 Å². The highest BCUT2D eigenvalue weighted by Crippen LogP contribution is 2.45. The molecule has 1 saturated carbocycles. The SMILES string of the molecule is Cl.NC1(Cc2ccccc2)CC(F)(F)C1. The van der Waals surface area contributed by atoms with E-state index in [1.54, 1.807) is 0 Å². The summed E-state index contributed by atoms with van der Waals surface area (Å²) in [7, 11) is 0.